The third-order valence-electron chi connectivity index (χ3n) is 3.55. The molecule has 0 amide bonds. The van der Waals surface area contributed by atoms with Gasteiger partial charge in [-0.2, -0.15) is 0 Å². The number of hydrogen-bond donors (Lipinski definition) is 1. The monoisotopic (exact) mass is 348 g/mol. The highest BCUT2D eigenvalue weighted by Gasteiger charge is 2.23. The van der Waals surface area contributed by atoms with E-state index in [2.05, 4.69) is 4.72 Å². The number of rotatable bonds is 7. The predicted molar refractivity (Wildman–Crippen MR) is 92.1 cm³/mol. The van der Waals surface area contributed by atoms with Gasteiger partial charge in [-0.25, -0.2) is 13.1 Å². The molecule has 1 atom stereocenters. The SMILES string of the molecule is CC(C)CC(NS(=O)(=O)c1cccc([N+](=O)[O-])c1)c1ccccc1. The molecule has 0 aliphatic rings. The first kappa shape index (κ1) is 18.1. The van der Waals surface area contributed by atoms with Gasteiger partial charge >= 0.3 is 0 Å². The fourth-order valence-electron chi connectivity index (χ4n) is 2.43. The Morgan fingerprint density at radius 3 is 2.33 bits per heavy atom. The number of nitrogens with zero attached hydrogens (tertiary/aromatic N) is 1. The van der Waals surface area contributed by atoms with Crippen molar-refractivity contribution < 1.29 is 13.3 Å². The first-order chi connectivity index (χ1) is 11.3. The van der Waals surface area contributed by atoms with Crippen molar-refractivity contribution in [3.05, 3.63) is 70.3 Å². The number of nitrogens with one attached hydrogen (secondary N) is 1. The molecule has 128 valence electrons. The molecule has 0 saturated heterocycles. The summed E-state index contributed by atoms with van der Waals surface area (Å²) in [4.78, 5) is 10.1. The van der Waals surface area contributed by atoms with Gasteiger partial charge in [0, 0.05) is 18.2 Å². The van der Waals surface area contributed by atoms with E-state index in [1.165, 1.54) is 18.2 Å². The van der Waals surface area contributed by atoms with E-state index in [-0.39, 0.29) is 16.5 Å². The minimum atomic E-state index is -3.86. The summed E-state index contributed by atoms with van der Waals surface area (Å²) < 4.78 is 28.0. The fraction of sp³-hybridized carbons (Fsp3) is 0.294. The summed E-state index contributed by atoms with van der Waals surface area (Å²) in [5.74, 6) is 0.281. The van der Waals surface area contributed by atoms with Gasteiger partial charge in [-0.1, -0.05) is 50.2 Å². The summed E-state index contributed by atoms with van der Waals surface area (Å²) in [6, 6.07) is 14.0. The molecule has 0 radical (unpaired) electrons. The summed E-state index contributed by atoms with van der Waals surface area (Å²) >= 11 is 0. The number of sulfonamides is 1. The molecule has 7 heteroatoms. The van der Waals surface area contributed by atoms with E-state index in [0.29, 0.717) is 6.42 Å². The van der Waals surface area contributed by atoms with Crippen molar-refractivity contribution in [2.75, 3.05) is 0 Å². The molecule has 2 rings (SSSR count). The predicted octanol–water partition coefficient (Wildman–Crippen LogP) is 3.66. The number of non-ortho nitro benzene ring substituents is 1. The van der Waals surface area contributed by atoms with Crippen LogP contribution in [0.5, 0.6) is 0 Å². The van der Waals surface area contributed by atoms with E-state index in [1.807, 2.05) is 44.2 Å². The first-order valence-corrected chi connectivity index (χ1v) is 9.09. The zero-order valence-corrected chi connectivity index (χ0v) is 14.4. The van der Waals surface area contributed by atoms with Crippen molar-refractivity contribution in [1.82, 2.24) is 4.72 Å². The van der Waals surface area contributed by atoms with Gasteiger partial charge in [-0.3, -0.25) is 10.1 Å². The molecule has 0 bridgehead atoms. The molecule has 2 aromatic carbocycles. The minimum Gasteiger partial charge on any atom is -0.258 e. The Hall–Kier alpha value is -2.25. The van der Waals surface area contributed by atoms with E-state index in [9.17, 15) is 18.5 Å². The van der Waals surface area contributed by atoms with Crippen LogP contribution in [0.25, 0.3) is 0 Å². The molecule has 0 spiro atoms. The Morgan fingerprint density at radius 2 is 1.75 bits per heavy atom. The summed E-state index contributed by atoms with van der Waals surface area (Å²) in [6.07, 6.45) is 0.623. The van der Waals surface area contributed by atoms with Crippen LogP contribution in [-0.4, -0.2) is 13.3 Å². The maximum Gasteiger partial charge on any atom is 0.270 e. The van der Waals surface area contributed by atoms with Gasteiger partial charge < -0.3 is 0 Å². The lowest BCUT2D eigenvalue weighted by Crippen LogP contribution is -2.29. The highest BCUT2D eigenvalue weighted by Crippen LogP contribution is 2.25. The van der Waals surface area contributed by atoms with Crippen molar-refractivity contribution in [3.8, 4) is 0 Å². The average Bonchev–Trinajstić information content (AvgIpc) is 2.54. The molecule has 0 fully saturated rings. The van der Waals surface area contributed by atoms with Crippen LogP contribution >= 0.6 is 0 Å². The molecule has 0 heterocycles. The van der Waals surface area contributed by atoms with Gasteiger partial charge in [0.05, 0.1) is 9.82 Å². The quantitative estimate of drug-likeness (QED) is 0.611. The van der Waals surface area contributed by atoms with E-state index in [0.717, 1.165) is 11.6 Å². The average molecular weight is 348 g/mol. The maximum atomic E-state index is 12.6. The van der Waals surface area contributed by atoms with E-state index in [1.54, 1.807) is 0 Å². The van der Waals surface area contributed by atoms with E-state index < -0.39 is 21.0 Å². The molecule has 1 unspecified atom stereocenters. The lowest BCUT2D eigenvalue weighted by atomic mass is 9.98. The Kier molecular flexibility index (Phi) is 5.69. The van der Waals surface area contributed by atoms with Crippen molar-refractivity contribution in [2.45, 2.75) is 31.2 Å². The number of benzene rings is 2. The maximum absolute atomic E-state index is 12.6. The van der Waals surface area contributed by atoms with Crippen LogP contribution in [0.1, 0.15) is 31.9 Å². The van der Waals surface area contributed by atoms with Crippen LogP contribution in [0.4, 0.5) is 5.69 Å². The second kappa shape index (κ2) is 7.55. The van der Waals surface area contributed by atoms with Crippen LogP contribution in [0.2, 0.25) is 0 Å². The normalized spacial score (nSPS) is 13.0. The summed E-state index contributed by atoms with van der Waals surface area (Å²) in [5.41, 5.74) is 0.609. The molecule has 24 heavy (non-hydrogen) atoms. The van der Waals surface area contributed by atoms with E-state index in [4.69, 9.17) is 0 Å². The lowest BCUT2D eigenvalue weighted by Gasteiger charge is -2.21. The molecule has 0 aromatic heterocycles. The van der Waals surface area contributed by atoms with Gasteiger partial charge in [0.25, 0.3) is 5.69 Å². The fourth-order valence-corrected chi connectivity index (χ4v) is 3.71. The van der Waals surface area contributed by atoms with Gasteiger partial charge in [0.2, 0.25) is 10.0 Å². The van der Waals surface area contributed by atoms with Crippen LogP contribution < -0.4 is 4.72 Å². The van der Waals surface area contributed by atoms with Crippen LogP contribution in [0, 0.1) is 16.0 Å². The van der Waals surface area contributed by atoms with Crippen molar-refractivity contribution in [3.63, 3.8) is 0 Å². The van der Waals surface area contributed by atoms with Crippen LogP contribution in [-0.2, 0) is 10.0 Å². The summed E-state index contributed by atoms with van der Waals surface area (Å²) in [7, 11) is -3.86. The molecule has 0 saturated carbocycles. The number of nitro groups is 1. The summed E-state index contributed by atoms with van der Waals surface area (Å²) in [6.45, 7) is 4.02. The zero-order valence-electron chi connectivity index (χ0n) is 13.5. The topological polar surface area (TPSA) is 89.3 Å². The van der Waals surface area contributed by atoms with Gasteiger partial charge in [-0.15, -0.1) is 0 Å². The zero-order chi connectivity index (χ0) is 17.7. The molecular formula is C17H20N2O4S. The molecule has 0 aliphatic carbocycles. The first-order valence-electron chi connectivity index (χ1n) is 7.61. The van der Waals surface area contributed by atoms with Crippen molar-refractivity contribution in [2.24, 2.45) is 5.92 Å². The van der Waals surface area contributed by atoms with Gasteiger partial charge in [0.1, 0.15) is 0 Å². The lowest BCUT2D eigenvalue weighted by molar-refractivity contribution is -0.385. The standard InChI is InChI=1S/C17H20N2O4S/c1-13(2)11-17(14-7-4-3-5-8-14)18-24(22,23)16-10-6-9-15(12-16)19(20)21/h3-10,12-13,17-18H,11H2,1-2H3. The molecule has 1 N–H and O–H groups in total. The second-order valence-corrected chi connectivity index (χ2v) is 7.68. The van der Waals surface area contributed by atoms with Crippen molar-refractivity contribution >= 4 is 15.7 Å². The van der Waals surface area contributed by atoms with Crippen molar-refractivity contribution in [1.29, 1.82) is 0 Å². The minimum absolute atomic E-state index is 0.110. The largest absolute Gasteiger partial charge is 0.270 e. The Labute approximate surface area is 141 Å². The smallest absolute Gasteiger partial charge is 0.258 e. The van der Waals surface area contributed by atoms with Gasteiger partial charge in [0.15, 0.2) is 0 Å². The highest BCUT2D eigenvalue weighted by atomic mass is 32.2. The summed E-state index contributed by atoms with van der Waals surface area (Å²) in [5, 5.41) is 10.9. The molecule has 6 nitrogen and oxygen atoms in total. The third kappa shape index (κ3) is 4.62. The Morgan fingerprint density at radius 1 is 1.08 bits per heavy atom. The number of nitro benzene ring substituents is 1. The second-order valence-electron chi connectivity index (χ2n) is 5.97. The van der Waals surface area contributed by atoms with Gasteiger partial charge in [-0.05, 0) is 24.0 Å². The molecule has 0 aliphatic heterocycles. The number of hydrogen-bond acceptors (Lipinski definition) is 4. The highest BCUT2D eigenvalue weighted by molar-refractivity contribution is 7.89. The van der Waals surface area contributed by atoms with Crippen LogP contribution in [0.15, 0.2) is 59.5 Å². The van der Waals surface area contributed by atoms with E-state index >= 15 is 0 Å². The third-order valence-corrected chi connectivity index (χ3v) is 5.01. The Balaban J connectivity index is 2.33. The molecular weight excluding hydrogens is 328 g/mol. The van der Waals surface area contributed by atoms with Crippen LogP contribution in [0.3, 0.4) is 0 Å². The molecule has 2 aromatic rings. The Bertz CT molecular complexity index is 804.